The van der Waals surface area contributed by atoms with Crippen LogP contribution < -0.4 is 4.74 Å². The van der Waals surface area contributed by atoms with E-state index < -0.39 is 17.4 Å². The van der Waals surface area contributed by atoms with Crippen LogP contribution in [0.1, 0.15) is 25.5 Å². The molecule has 6 heteroatoms. The predicted molar refractivity (Wildman–Crippen MR) is 93.5 cm³/mol. The second kappa shape index (κ2) is 6.13. The Morgan fingerprint density at radius 3 is 2.77 bits per heavy atom. The van der Waals surface area contributed by atoms with E-state index in [1.807, 2.05) is 48.2 Å². The van der Waals surface area contributed by atoms with Gasteiger partial charge < -0.3 is 19.1 Å². The molecule has 0 N–H and O–H groups in total. The lowest BCUT2D eigenvalue weighted by Crippen LogP contribution is -2.40. The van der Waals surface area contributed by atoms with E-state index in [4.69, 9.17) is 14.2 Å². The van der Waals surface area contributed by atoms with Crippen molar-refractivity contribution in [2.75, 3.05) is 20.3 Å². The quantitative estimate of drug-likeness (QED) is 0.596. The minimum atomic E-state index is -0.708. The number of amides is 1. The summed E-state index contributed by atoms with van der Waals surface area (Å²) in [4.78, 5) is 27.4. The second-order valence-electron chi connectivity index (χ2n) is 7.07. The number of nitrogens with zero attached hydrogens (tertiary/aromatic N) is 1. The first kappa shape index (κ1) is 17.1. The van der Waals surface area contributed by atoms with E-state index in [1.54, 1.807) is 14.0 Å². The van der Waals surface area contributed by atoms with Crippen molar-refractivity contribution in [3.8, 4) is 5.75 Å². The second-order valence-corrected chi connectivity index (χ2v) is 7.07. The highest BCUT2D eigenvalue weighted by atomic mass is 16.6. The number of esters is 1. The van der Waals surface area contributed by atoms with Crippen molar-refractivity contribution in [2.45, 2.75) is 31.6 Å². The highest BCUT2D eigenvalue weighted by Gasteiger charge is 2.67. The Bertz CT molecular complexity index is 758. The molecule has 2 bridgehead atoms. The Kier molecular flexibility index (Phi) is 4.03. The Morgan fingerprint density at radius 1 is 1.38 bits per heavy atom. The summed E-state index contributed by atoms with van der Waals surface area (Å²) >= 11 is 0. The Balaban J connectivity index is 1.60. The molecule has 3 heterocycles. The van der Waals surface area contributed by atoms with Crippen LogP contribution in [0.2, 0.25) is 0 Å². The SMILES string of the molecule is CCOC(=O)[C@@H]1[C@@H]2C=C[C@@]3(CN([C@H](C)c4ccc(OC)cc4)C(=O)[C@@H]13)O2. The smallest absolute Gasteiger partial charge is 0.312 e. The minimum absolute atomic E-state index is 0.0433. The van der Waals surface area contributed by atoms with Gasteiger partial charge in [-0.25, -0.2) is 0 Å². The molecule has 26 heavy (non-hydrogen) atoms. The number of likely N-dealkylation sites (tertiary alicyclic amines) is 1. The minimum Gasteiger partial charge on any atom is -0.497 e. The summed E-state index contributed by atoms with van der Waals surface area (Å²) in [6, 6.07) is 7.57. The molecule has 0 aromatic heterocycles. The summed E-state index contributed by atoms with van der Waals surface area (Å²) in [5.41, 5.74) is 0.307. The van der Waals surface area contributed by atoms with E-state index in [1.165, 1.54) is 0 Å². The fourth-order valence-corrected chi connectivity index (χ4v) is 4.43. The molecule has 0 unspecified atom stereocenters. The Morgan fingerprint density at radius 2 is 2.12 bits per heavy atom. The van der Waals surface area contributed by atoms with E-state index in [-0.39, 0.29) is 24.0 Å². The summed E-state index contributed by atoms with van der Waals surface area (Å²) in [7, 11) is 1.62. The fraction of sp³-hybridized carbons (Fsp3) is 0.500. The van der Waals surface area contributed by atoms with E-state index >= 15 is 0 Å². The molecule has 1 aromatic carbocycles. The van der Waals surface area contributed by atoms with E-state index in [2.05, 4.69) is 0 Å². The molecular formula is C20H23NO5. The Hall–Kier alpha value is -2.34. The Labute approximate surface area is 152 Å². The van der Waals surface area contributed by atoms with Crippen LogP contribution in [0.5, 0.6) is 5.75 Å². The maximum absolute atomic E-state index is 13.2. The zero-order valence-electron chi connectivity index (χ0n) is 15.2. The van der Waals surface area contributed by atoms with Gasteiger partial charge in [-0.05, 0) is 31.5 Å². The number of ether oxygens (including phenoxy) is 3. The molecule has 2 fully saturated rings. The number of carbonyl (C=O) groups is 2. The highest BCUT2D eigenvalue weighted by molar-refractivity contribution is 5.91. The van der Waals surface area contributed by atoms with Gasteiger partial charge in [-0.2, -0.15) is 0 Å². The molecular weight excluding hydrogens is 334 g/mol. The van der Waals surface area contributed by atoms with E-state index in [0.717, 1.165) is 11.3 Å². The predicted octanol–water partition coefficient (Wildman–Crippen LogP) is 2.10. The largest absolute Gasteiger partial charge is 0.497 e. The van der Waals surface area contributed by atoms with Crippen LogP contribution in [0, 0.1) is 11.8 Å². The molecule has 5 atom stereocenters. The molecule has 2 saturated heterocycles. The number of hydrogen-bond acceptors (Lipinski definition) is 5. The summed E-state index contributed by atoms with van der Waals surface area (Å²) in [5, 5.41) is 0. The van der Waals surface area contributed by atoms with Crippen LogP contribution in [0.25, 0.3) is 0 Å². The van der Waals surface area contributed by atoms with Crippen molar-refractivity contribution in [3.63, 3.8) is 0 Å². The van der Waals surface area contributed by atoms with Crippen LogP contribution in [-0.4, -0.2) is 48.7 Å². The van der Waals surface area contributed by atoms with Gasteiger partial charge in [0.05, 0.1) is 38.3 Å². The lowest BCUT2D eigenvalue weighted by Gasteiger charge is -2.27. The number of rotatable bonds is 5. The van der Waals surface area contributed by atoms with Crippen LogP contribution in [0.4, 0.5) is 0 Å². The van der Waals surface area contributed by atoms with Crippen LogP contribution in [0.3, 0.4) is 0 Å². The number of carbonyl (C=O) groups excluding carboxylic acids is 2. The third-order valence-electron chi connectivity index (χ3n) is 5.75. The summed E-state index contributed by atoms with van der Waals surface area (Å²) in [5.74, 6) is -0.673. The molecule has 0 aliphatic carbocycles. The first-order valence-electron chi connectivity index (χ1n) is 8.99. The van der Waals surface area contributed by atoms with E-state index in [0.29, 0.717) is 13.2 Å². The zero-order valence-corrected chi connectivity index (χ0v) is 15.2. The molecule has 4 rings (SSSR count). The number of hydrogen-bond donors (Lipinski definition) is 0. The standard InChI is InChI=1S/C20H23NO5/c1-4-25-19(23)16-15-9-10-20(26-15)11-21(18(22)17(16)20)12(2)13-5-7-14(24-3)8-6-13/h5-10,12,15-17H,4,11H2,1-3H3/t12-,15+,16-,17-,20+/m1/s1. The average Bonchev–Trinajstić information content (AvgIpc) is 3.29. The molecule has 6 nitrogen and oxygen atoms in total. The van der Waals surface area contributed by atoms with Gasteiger partial charge in [0.25, 0.3) is 0 Å². The molecule has 0 radical (unpaired) electrons. The molecule has 138 valence electrons. The van der Waals surface area contributed by atoms with Crippen molar-refractivity contribution >= 4 is 11.9 Å². The first-order chi connectivity index (χ1) is 12.5. The summed E-state index contributed by atoms with van der Waals surface area (Å²) < 4.78 is 16.5. The van der Waals surface area contributed by atoms with Crippen molar-refractivity contribution in [2.24, 2.45) is 11.8 Å². The monoisotopic (exact) mass is 357 g/mol. The average molecular weight is 357 g/mol. The van der Waals surface area contributed by atoms with Gasteiger partial charge in [-0.3, -0.25) is 9.59 Å². The maximum Gasteiger partial charge on any atom is 0.312 e. The fourth-order valence-electron chi connectivity index (χ4n) is 4.43. The topological polar surface area (TPSA) is 65.1 Å². The van der Waals surface area contributed by atoms with Gasteiger partial charge >= 0.3 is 5.97 Å². The molecule has 3 aliphatic heterocycles. The van der Waals surface area contributed by atoms with Gasteiger partial charge in [0, 0.05) is 0 Å². The van der Waals surface area contributed by atoms with Gasteiger partial charge in [0.15, 0.2) is 0 Å². The van der Waals surface area contributed by atoms with Gasteiger partial charge in [-0.15, -0.1) is 0 Å². The van der Waals surface area contributed by atoms with Crippen molar-refractivity contribution in [3.05, 3.63) is 42.0 Å². The van der Waals surface area contributed by atoms with Crippen LogP contribution in [0.15, 0.2) is 36.4 Å². The van der Waals surface area contributed by atoms with Crippen molar-refractivity contribution in [1.82, 2.24) is 4.90 Å². The maximum atomic E-state index is 13.2. The number of fused-ring (bicyclic) bond motifs is 1. The van der Waals surface area contributed by atoms with Gasteiger partial charge in [0.1, 0.15) is 17.3 Å². The van der Waals surface area contributed by atoms with Crippen LogP contribution >= 0.6 is 0 Å². The van der Waals surface area contributed by atoms with Crippen LogP contribution in [-0.2, 0) is 19.1 Å². The summed E-state index contributed by atoms with van der Waals surface area (Å²) in [6.45, 7) is 4.51. The number of methoxy groups -OCH3 is 1. The lowest BCUT2D eigenvalue weighted by atomic mass is 9.77. The summed E-state index contributed by atoms with van der Waals surface area (Å²) in [6.07, 6.45) is 3.49. The highest BCUT2D eigenvalue weighted by Crippen LogP contribution is 2.53. The van der Waals surface area contributed by atoms with Gasteiger partial charge in [-0.1, -0.05) is 24.3 Å². The third kappa shape index (κ3) is 2.35. The molecule has 0 saturated carbocycles. The molecule has 1 amide bonds. The number of benzene rings is 1. The lowest BCUT2D eigenvalue weighted by molar-refractivity contribution is -0.153. The van der Waals surface area contributed by atoms with Crippen molar-refractivity contribution in [1.29, 1.82) is 0 Å². The zero-order chi connectivity index (χ0) is 18.5. The molecule has 1 aromatic rings. The third-order valence-corrected chi connectivity index (χ3v) is 5.75. The molecule has 3 aliphatic rings. The normalized spacial score (nSPS) is 32.7. The van der Waals surface area contributed by atoms with Gasteiger partial charge in [0.2, 0.25) is 5.91 Å². The van der Waals surface area contributed by atoms with E-state index in [9.17, 15) is 9.59 Å². The first-order valence-corrected chi connectivity index (χ1v) is 8.99. The molecule has 1 spiro atoms. The van der Waals surface area contributed by atoms with Crippen molar-refractivity contribution < 1.29 is 23.8 Å².